The van der Waals surface area contributed by atoms with Crippen LogP contribution in [-0.2, 0) is 5.41 Å². The third-order valence-electron chi connectivity index (χ3n) is 15.2. The lowest BCUT2D eigenvalue weighted by molar-refractivity contribution is -0.0705. The van der Waals surface area contributed by atoms with Crippen LogP contribution in [0.25, 0.3) is 0 Å². The van der Waals surface area contributed by atoms with Crippen molar-refractivity contribution in [3.8, 4) is 0 Å². The second kappa shape index (κ2) is 9.86. The van der Waals surface area contributed by atoms with Gasteiger partial charge in [0.05, 0.1) is 24.4 Å². The zero-order chi connectivity index (χ0) is 29.3. The lowest BCUT2D eigenvalue weighted by Crippen LogP contribution is -2.82. The highest BCUT2D eigenvalue weighted by Gasteiger charge is 2.69. The van der Waals surface area contributed by atoms with Gasteiger partial charge in [-0.2, -0.15) is 0 Å². The number of nitrogens with one attached hydrogen (secondary N) is 2. The van der Waals surface area contributed by atoms with Crippen LogP contribution in [0.15, 0.2) is 59.6 Å². The summed E-state index contributed by atoms with van der Waals surface area (Å²) in [4.78, 5) is 11.9. The van der Waals surface area contributed by atoms with E-state index in [0.29, 0.717) is 47.7 Å². The Kier molecular flexibility index (Phi) is 5.86. The molecule has 11 atom stereocenters. The first-order valence-corrected chi connectivity index (χ1v) is 19.1. The average Bonchev–Trinajstić information content (AvgIpc) is 3.50. The summed E-state index contributed by atoms with van der Waals surface area (Å²) in [5.41, 5.74) is 5.39. The van der Waals surface area contributed by atoms with E-state index in [0.717, 1.165) is 24.3 Å². The minimum Gasteiger partial charge on any atom is -0.337 e. The first-order valence-electron chi connectivity index (χ1n) is 19.1. The van der Waals surface area contributed by atoms with E-state index in [1.54, 1.807) is 11.0 Å². The number of rotatable bonds is 1. The summed E-state index contributed by atoms with van der Waals surface area (Å²) in [5.74, 6) is 4.39. The van der Waals surface area contributed by atoms with Gasteiger partial charge >= 0.3 is 0 Å². The molecule has 0 radical (unpaired) electrons. The van der Waals surface area contributed by atoms with Gasteiger partial charge in [0.15, 0.2) is 12.7 Å². The molecule has 11 unspecified atom stereocenters. The first-order chi connectivity index (χ1) is 22.3. The van der Waals surface area contributed by atoms with Crippen LogP contribution in [0.5, 0.6) is 0 Å². The highest BCUT2D eigenvalue weighted by molar-refractivity contribution is 6.77. The maximum Gasteiger partial charge on any atom is 0.199 e. The smallest absolute Gasteiger partial charge is 0.199 e. The number of benzene rings is 2. The van der Waals surface area contributed by atoms with E-state index in [9.17, 15) is 0 Å². The second-order valence-electron chi connectivity index (χ2n) is 16.7. The van der Waals surface area contributed by atoms with Gasteiger partial charge < -0.3 is 9.80 Å². The standard InChI is InChI=1S/C39H50BN5/c1-3-12-24(13-4-1)36-41-30-21-20-28-35-33(30)37(43-36)45-31-18-8-7-17-29(31)42-38(45)44(35)32-19-11-15-26-34(32)40(28)27-16-6-5-14-25(27)39(26)22-9-2-10-23-39/h1,3-6,12-14,16,26,28-37,41,43H,2,7-11,15,17-23H2. The van der Waals surface area contributed by atoms with Crippen molar-refractivity contribution in [3.63, 3.8) is 0 Å². The minimum absolute atomic E-state index is 0.210. The zero-order valence-electron chi connectivity index (χ0n) is 26.9. The van der Waals surface area contributed by atoms with Crippen LogP contribution in [-0.4, -0.2) is 58.8 Å². The Morgan fingerprint density at radius 3 is 2.47 bits per heavy atom. The SMILES string of the molecule is c1ccc(C2NC3CCC4B5c6ccccc6C6(CCCCC6)C6CCCC(C56)N5C6=NC7CCCCC7N6C(N2)C3C45)cc1. The molecule has 4 aliphatic carbocycles. The third kappa shape index (κ3) is 3.52. The maximum absolute atomic E-state index is 5.83. The van der Waals surface area contributed by atoms with Crippen molar-refractivity contribution in [1.82, 2.24) is 20.4 Å². The van der Waals surface area contributed by atoms with Crippen LogP contribution in [0.4, 0.5) is 0 Å². The molecule has 11 rings (SSSR count). The van der Waals surface area contributed by atoms with E-state index in [1.807, 2.05) is 0 Å². The van der Waals surface area contributed by atoms with Crippen molar-refractivity contribution in [2.45, 2.75) is 149 Å². The Bertz CT molecular complexity index is 1500. The highest BCUT2D eigenvalue weighted by Crippen LogP contribution is 2.64. The van der Waals surface area contributed by atoms with E-state index in [1.165, 1.54) is 101 Å². The van der Waals surface area contributed by atoms with Crippen molar-refractivity contribution in [3.05, 3.63) is 65.7 Å². The van der Waals surface area contributed by atoms with Gasteiger partial charge in [0.1, 0.15) is 0 Å². The van der Waals surface area contributed by atoms with Gasteiger partial charge in [0.25, 0.3) is 0 Å². The van der Waals surface area contributed by atoms with Crippen molar-refractivity contribution in [1.29, 1.82) is 0 Å². The van der Waals surface area contributed by atoms with E-state index in [-0.39, 0.29) is 6.17 Å². The average molecular weight is 600 g/mol. The molecule has 5 heterocycles. The van der Waals surface area contributed by atoms with Crippen LogP contribution < -0.4 is 16.1 Å². The molecule has 6 heteroatoms. The summed E-state index contributed by atoms with van der Waals surface area (Å²) in [6.07, 6.45) is 19.9. The van der Waals surface area contributed by atoms with E-state index < -0.39 is 0 Å². The summed E-state index contributed by atoms with van der Waals surface area (Å²) in [6, 6.07) is 24.1. The fraction of sp³-hybridized carbons (Fsp3) is 0.667. The van der Waals surface area contributed by atoms with Crippen LogP contribution >= 0.6 is 0 Å². The third-order valence-corrected chi connectivity index (χ3v) is 15.2. The van der Waals surface area contributed by atoms with Gasteiger partial charge in [-0.05, 0) is 79.0 Å². The molecular formula is C39H50BN5. The molecule has 1 spiro atoms. The monoisotopic (exact) mass is 599 g/mol. The topological polar surface area (TPSA) is 42.9 Å². The van der Waals surface area contributed by atoms with Crippen molar-refractivity contribution < 1.29 is 0 Å². The molecule has 5 nitrogen and oxygen atoms in total. The van der Waals surface area contributed by atoms with E-state index in [2.05, 4.69) is 75.0 Å². The number of fused-ring (bicyclic) bond motifs is 11. The van der Waals surface area contributed by atoms with Gasteiger partial charge in [-0.3, -0.25) is 10.6 Å². The Hall–Kier alpha value is -2.31. The molecule has 9 aliphatic rings. The van der Waals surface area contributed by atoms with Crippen LogP contribution in [0, 0.1) is 11.8 Å². The first kappa shape index (κ1) is 26.7. The Morgan fingerprint density at radius 1 is 0.733 bits per heavy atom. The number of guanidine groups is 1. The molecule has 0 amide bonds. The summed E-state index contributed by atoms with van der Waals surface area (Å²) in [6.45, 7) is 0.717. The number of hydrogen-bond donors (Lipinski definition) is 2. The van der Waals surface area contributed by atoms with Crippen LogP contribution in [0.1, 0.15) is 107 Å². The second-order valence-corrected chi connectivity index (χ2v) is 16.7. The van der Waals surface area contributed by atoms with E-state index >= 15 is 0 Å². The molecule has 4 saturated carbocycles. The predicted molar refractivity (Wildman–Crippen MR) is 182 cm³/mol. The summed E-state index contributed by atoms with van der Waals surface area (Å²) in [7, 11) is 0. The molecule has 2 aromatic carbocycles. The summed E-state index contributed by atoms with van der Waals surface area (Å²) >= 11 is 0. The molecule has 2 N–H and O–H groups in total. The predicted octanol–water partition coefficient (Wildman–Crippen LogP) is 6.19. The molecule has 234 valence electrons. The fourth-order valence-electron chi connectivity index (χ4n) is 13.9. The zero-order valence-corrected chi connectivity index (χ0v) is 26.9. The van der Waals surface area contributed by atoms with Gasteiger partial charge in [0.2, 0.25) is 0 Å². The number of hydrogen-bond acceptors (Lipinski definition) is 5. The van der Waals surface area contributed by atoms with Gasteiger partial charge in [-0.1, -0.05) is 105 Å². The van der Waals surface area contributed by atoms with E-state index in [4.69, 9.17) is 4.99 Å². The molecule has 0 aromatic heterocycles. The molecule has 2 aromatic rings. The quantitative estimate of drug-likeness (QED) is 0.384. The van der Waals surface area contributed by atoms with Crippen molar-refractivity contribution >= 4 is 18.1 Å². The lowest BCUT2D eigenvalue weighted by atomic mass is 9.18. The fourth-order valence-corrected chi connectivity index (χ4v) is 13.9. The molecule has 5 aliphatic heterocycles. The number of nitrogens with zero attached hydrogens (tertiary/aromatic N) is 3. The van der Waals surface area contributed by atoms with Gasteiger partial charge in [0, 0.05) is 24.0 Å². The Morgan fingerprint density at radius 2 is 1.56 bits per heavy atom. The molecular weight excluding hydrogens is 549 g/mol. The Balaban J connectivity index is 1.08. The minimum atomic E-state index is 0.210. The van der Waals surface area contributed by atoms with Crippen LogP contribution in [0.2, 0.25) is 11.6 Å². The van der Waals surface area contributed by atoms with Crippen LogP contribution in [0.3, 0.4) is 0 Å². The highest BCUT2D eigenvalue weighted by atomic mass is 15.5. The van der Waals surface area contributed by atoms with Gasteiger partial charge in [-0.25, -0.2) is 4.99 Å². The van der Waals surface area contributed by atoms with Gasteiger partial charge in [-0.15, -0.1) is 0 Å². The maximum atomic E-state index is 5.83. The molecule has 45 heavy (non-hydrogen) atoms. The molecule has 3 saturated heterocycles. The van der Waals surface area contributed by atoms with Crippen molar-refractivity contribution in [2.24, 2.45) is 16.8 Å². The summed E-state index contributed by atoms with van der Waals surface area (Å²) < 4.78 is 0. The summed E-state index contributed by atoms with van der Waals surface area (Å²) in [5, 5.41) is 8.53. The number of aliphatic imine (C=N–C) groups is 1. The normalized spacial score (nSPS) is 43.4. The Labute approximate surface area is 270 Å². The van der Waals surface area contributed by atoms with Crippen molar-refractivity contribution in [2.75, 3.05) is 0 Å². The lowest BCUT2D eigenvalue weighted by Gasteiger charge is -2.71. The largest absolute Gasteiger partial charge is 0.337 e. The molecule has 7 fully saturated rings. The molecule has 0 bridgehead atoms.